The van der Waals surface area contributed by atoms with Gasteiger partial charge in [-0.3, -0.25) is 19.5 Å². The van der Waals surface area contributed by atoms with Gasteiger partial charge in [-0.15, -0.1) is 0 Å². The van der Waals surface area contributed by atoms with Crippen molar-refractivity contribution in [3.05, 3.63) is 38.9 Å². The molecule has 1 saturated carbocycles. The fourth-order valence-electron chi connectivity index (χ4n) is 3.70. The van der Waals surface area contributed by atoms with E-state index in [-0.39, 0.29) is 49.4 Å². The molecule has 0 aliphatic heterocycles. The zero-order chi connectivity index (χ0) is 21.2. The lowest BCUT2D eigenvalue weighted by Crippen LogP contribution is -2.41. The second-order valence-electron chi connectivity index (χ2n) is 7.20. The summed E-state index contributed by atoms with van der Waals surface area (Å²) < 4.78 is 44.8. The van der Waals surface area contributed by atoms with Crippen LogP contribution in [0.1, 0.15) is 38.5 Å². The van der Waals surface area contributed by atoms with E-state index in [4.69, 9.17) is 4.42 Å². The van der Waals surface area contributed by atoms with E-state index >= 15 is 0 Å². The standard InChI is InChI=1S/C18H20F3N3O5/c19-18(20,21)11-3-1-4-12(9-11)22-16(25)5-2-8-23-14-7-6-13(24(27)28)10-15(14)29-17(23)26/h6-7,10-12H,1-5,8-9H2,(H,22,25). The Labute approximate surface area is 162 Å². The number of rotatable bonds is 6. The number of nitro benzene ring substituents is 1. The number of hydrogen-bond acceptors (Lipinski definition) is 5. The van der Waals surface area contributed by atoms with E-state index in [1.165, 1.54) is 16.7 Å². The number of amides is 1. The van der Waals surface area contributed by atoms with Gasteiger partial charge in [0.15, 0.2) is 5.58 Å². The van der Waals surface area contributed by atoms with Crippen LogP contribution in [0.4, 0.5) is 18.9 Å². The van der Waals surface area contributed by atoms with E-state index in [0.29, 0.717) is 18.4 Å². The molecule has 0 bridgehead atoms. The Morgan fingerprint density at radius 2 is 2.10 bits per heavy atom. The molecule has 11 heteroatoms. The molecule has 8 nitrogen and oxygen atoms in total. The number of oxazole rings is 1. The van der Waals surface area contributed by atoms with E-state index < -0.39 is 28.8 Å². The number of carbonyl (C=O) groups excluding carboxylic acids is 1. The third kappa shape index (κ3) is 4.96. The molecule has 1 aliphatic carbocycles. The minimum absolute atomic E-state index is 0.0410. The number of nitrogens with one attached hydrogen (secondary N) is 1. The number of nitrogens with zero attached hydrogens (tertiary/aromatic N) is 2. The van der Waals surface area contributed by atoms with Crippen molar-refractivity contribution in [2.24, 2.45) is 5.92 Å². The highest BCUT2D eigenvalue weighted by Crippen LogP contribution is 2.37. The van der Waals surface area contributed by atoms with Gasteiger partial charge in [-0.1, -0.05) is 6.42 Å². The van der Waals surface area contributed by atoms with Gasteiger partial charge in [-0.2, -0.15) is 13.2 Å². The molecule has 0 saturated heterocycles. The fourth-order valence-corrected chi connectivity index (χ4v) is 3.70. The highest BCUT2D eigenvalue weighted by atomic mass is 19.4. The Bertz CT molecular complexity index is 966. The number of alkyl halides is 3. The lowest BCUT2D eigenvalue weighted by atomic mass is 9.85. The summed E-state index contributed by atoms with van der Waals surface area (Å²) in [5, 5.41) is 13.4. The van der Waals surface area contributed by atoms with Crippen molar-refractivity contribution in [1.82, 2.24) is 9.88 Å². The Morgan fingerprint density at radius 3 is 2.79 bits per heavy atom. The van der Waals surface area contributed by atoms with Crippen LogP contribution in [0.3, 0.4) is 0 Å². The van der Waals surface area contributed by atoms with Gasteiger partial charge in [0.05, 0.1) is 22.4 Å². The van der Waals surface area contributed by atoms with Crippen molar-refractivity contribution in [1.29, 1.82) is 0 Å². The van der Waals surface area contributed by atoms with Crippen molar-refractivity contribution >= 4 is 22.7 Å². The van der Waals surface area contributed by atoms with Crippen LogP contribution in [-0.2, 0) is 11.3 Å². The van der Waals surface area contributed by atoms with E-state index in [9.17, 15) is 32.9 Å². The summed E-state index contributed by atoms with van der Waals surface area (Å²) in [5.41, 5.74) is 0.248. The van der Waals surface area contributed by atoms with E-state index in [1.807, 2.05) is 0 Å². The maximum atomic E-state index is 12.9. The first kappa shape index (κ1) is 20.9. The van der Waals surface area contributed by atoms with Crippen LogP contribution in [0, 0.1) is 16.0 Å². The zero-order valence-corrected chi connectivity index (χ0v) is 15.4. The summed E-state index contributed by atoms with van der Waals surface area (Å²) in [7, 11) is 0. The van der Waals surface area contributed by atoms with Crippen molar-refractivity contribution in [3.63, 3.8) is 0 Å². The Balaban J connectivity index is 1.55. The first-order chi connectivity index (χ1) is 13.6. The molecule has 1 aromatic carbocycles. The molecule has 2 atom stereocenters. The number of benzene rings is 1. The quantitative estimate of drug-likeness (QED) is 0.574. The molecular weight excluding hydrogens is 395 g/mol. The van der Waals surface area contributed by atoms with E-state index in [0.717, 1.165) is 6.07 Å². The summed E-state index contributed by atoms with van der Waals surface area (Å²) in [4.78, 5) is 34.2. The Morgan fingerprint density at radius 1 is 1.34 bits per heavy atom. The topological polar surface area (TPSA) is 107 Å². The summed E-state index contributed by atoms with van der Waals surface area (Å²) in [6.07, 6.45) is -3.03. The number of non-ortho nitro benzene ring substituents is 1. The third-order valence-electron chi connectivity index (χ3n) is 5.15. The molecule has 0 radical (unpaired) electrons. The van der Waals surface area contributed by atoms with Crippen LogP contribution >= 0.6 is 0 Å². The predicted molar refractivity (Wildman–Crippen MR) is 96.3 cm³/mol. The smallest absolute Gasteiger partial charge is 0.407 e. The molecule has 1 fully saturated rings. The predicted octanol–water partition coefficient (Wildman–Crippen LogP) is 3.52. The van der Waals surface area contributed by atoms with Gasteiger partial charge in [0.25, 0.3) is 5.69 Å². The van der Waals surface area contributed by atoms with Crippen LogP contribution in [-0.4, -0.2) is 27.6 Å². The summed E-state index contributed by atoms with van der Waals surface area (Å²) in [6.45, 7) is 0.146. The van der Waals surface area contributed by atoms with Crippen LogP contribution in [0.15, 0.2) is 27.4 Å². The monoisotopic (exact) mass is 415 g/mol. The molecule has 1 amide bonds. The highest BCUT2D eigenvalue weighted by molar-refractivity contribution is 5.77. The second-order valence-corrected chi connectivity index (χ2v) is 7.20. The molecule has 1 N–H and O–H groups in total. The second kappa shape index (κ2) is 8.26. The fraction of sp³-hybridized carbons (Fsp3) is 0.556. The number of carbonyl (C=O) groups is 1. The van der Waals surface area contributed by atoms with Crippen LogP contribution in [0.5, 0.6) is 0 Å². The molecule has 2 unspecified atom stereocenters. The minimum Gasteiger partial charge on any atom is -0.407 e. The van der Waals surface area contributed by atoms with Gasteiger partial charge in [0, 0.05) is 25.1 Å². The van der Waals surface area contributed by atoms with Gasteiger partial charge in [0.2, 0.25) is 5.91 Å². The highest BCUT2D eigenvalue weighted by Gasteiger charge is 2.42. The lowest BCUT2D eigenvalue weighted by molar-refractivity contribution is -0.384. The molecule has 1 aliphatic rings. The molecule has 29 heavy (non-hydrogen) atoms. The number of halogens is 3. The van der Waals surface area contributed by atoms with Crippen molar-refractivity contribution in [2.45, 2.75) is 57.3 Å². The van der Waals surface area contributed by atoms with Gasteiger partial charge < -0.3 is 9.73 Å². The molecule has 2 aromatic rings. The molecule has 1 aromatic heterocycles. The largest absolute Gasteiger partial charge is 0.419 e. The van der Waals surface area contributed by atoms with Gasteiger partial charge >= 0.3 is 11.9 Å². The first-order valence-corrected chi connectivity index (χ1v) is 9.29. The maximum absolute atomic E-state index is 12.9. The van der Waals surface area contributed by atoms with Gasteiger partial charge in [-0.25, -0.2) is 4.79 Å². The number of aryl methyl sites for hydroxylation is 1. The van der Waals surface area contributed by atoms with Crippen molar-refractivity contribution in [3.8, 4) is 0 Å². The average Bonchev–Trinajstić information content (AvgIpc) is 2.96. The number of nitro groups is 1. The van der Waals surface area contributed by atoms with Gasteiger partial charge in [0.1, 0.15) is 0 Å². The summed E-state index contributed by atoms with van der Waals surface area (Å²) in [6, 6.07) is 3.30. The van der Waals surface area contributed by atoms with E-state index in [1.54, 1.807) is 0 Å². The van der Waals surface area contributed by atoms with E-state index in [2.05, 4.69) is 5.32 Å². The third-order valence-corrected chi connectivity index (χ3v) is 5.15. The maximum Gasteiger partial charge on any atom is 0.419 e. The van der Waals surface area contributed by atoms with Crippen molar-refractivity contribution in [2.75, 3.05) is 0 Å². The number of fused-ring (bicyclic) bond motifs is 1. The normalized spacial score (nSPS) is 20.0. The Kier molecular flexibility index (Phi) is 5.94. The van der Waals surface area contributed by atoms with Crippen molar-refractivity contribution < 1.29 is 27.3 Å². The molecule has 1 heterocycles. The zero-order valence-electron chi connectivity index (χ0n) is 15.4. The average molecular weight is 415 g/mol. The molecular formula is C18H20F3N3O5. The molecule has 158 valence electrons. The summed E-state index contributed by atoms with van der Waals surface area (Å²) >= 11 is 0. The SMILES string of the molecule is O=C(CCCn1c(=O)oc2cc([N+](=O)[O-])ccc21)NC1CCCC(C(F)(F)F)C1. The van der Waals surface area contributed by atoms with Crippen LogP contribution < -0.4 is 11.1 Å². The minimum atomic E-state index is -4.25. The summed E-state index contributed by atoms with van der Waals surface area (Å²) in [5.74, 6) is -2.45. The van der Waals surface area contributed by atoms with Crippen LogP contribution in [0.25, 0.3) is 11.1 Å². The molecule has 0 spiro atoms. The van der Waals surface area contributed by atoms with Crippen LogP contribution in [0.2, 0.25) is 0 Å². The Hall–Kier alpha value is -2.85. The first-order valence-electron chi connectivity index (χ1n) is 9.29. The van der Waals surface area contributed by atoms with Gasteiger partial charge in [-0.05, 0) is 31.7 Å². The number of hydrogen-bond donors (Lipinski definition) is 1. The lowest BCUT2D eigenvalue weighted by Gasteiger charge is -2.31. The molecule has 3 rings (SSSR count). The number of aromatic nitrogens is 1.